The van der Waals surface area contributed by atoms with Crippen LogP contribution in [-0.2, 0) is 4.57 Å². The van der Waals surface area contributed by atoms with Gasteiger partial charge in [-0.1, -0.05) is 56.4 Å². The number of rotatable bonds is 5. The molecule has 1 nitrogen and oxygen atoms in total. The maximum Gasteiger partial charge on any atom is 0.0964 e. The van der Waals surface area contributed by atoms with Gasteiger partial charge in [0.25, 0.3) is 0 Å². The van der Waals surface area contributed by atoms with Gasteiger partial charge >= 0.3 is 0 Å². The van der Waals surface area contributed by atoms with Crippen molar-refractivity contribution in [1.29, 1.82) is 0 Å². The lowest BCUT2D eigenvalue weighted by Gasteiger charge is -2.45. The highest BCUT2D eigenvalue weighted by molar-refractivity contribution is 8.21. The van der Waals surface area contributed by atoms with Crippen LogP contribution in [0.25, 0.3) is 0 Å². The molecule has 3 saturated carbocycles. The van der Waals surface area contributed by atoms with E-state index in [1.54, 1.807) is 0 Å². The normalized spacial score (nSPS) is 32.6. The lowest BCUT2D eigenvalue weighted by molar-refractivity contribution is 0.346. The Kier molecular flexibility index (Phi) is 7.51. The van der Waals surface area contributed by atoms with Crippen LogP contribution in [0, 0.1) is 5.92 Å². The molecule has 0 radical (unpaired) electrons. The lowest BCUT2D eigenvalue weighted by Crippen LogP contribution is -2.33. The smallest absolute Gasteiger partial charge is 0.0964 e. The molecule has 0 spiro atoms. The molecule has 1 unspecified atom stereocenters. The Morgan fingerprint density at radius 2 is 1.17 bits per heavy atom. The van der Waals surface area contributed by atoms with E-state index in [0.29, 0.717) is 22.2 Å². The van der Waals surface area contributed by atoms with Gasteiger partial charge in [-0.25, -0.2) is 0 Å². The SMILES string of the molecule is CC(SCl)C1CCC(P(=O)(C2CCCCC2)C2CCCCC2)CC1. The molecule has 0 bridgehead atoms. The molecule has 0 aliphatic heterocycles. The summed E-state index contributed by atoms with van der Waals surface area (Å²) in [7, 11) is 5.47. The van der Waals surface area contributed by atoms with Gasteiger partial charge in [-0.15, -0.1) is 0 Å². The summed E-state index contributed by atoms with van der Waals surface area (Å²) in [6.45, 7) is 2.27. The first kappa shape index (κ1) is 19.6. The minimum atomic E-state index is -2.05. The van der Waals surface area contributed by atoms with Crippen LogP contribution in [0.1, 0.15) is 96.8 Å². The summed E-state index contributed by atoms with van der Waals surface area (Å²) in [5, 5.41) is 0.552. The maximum atomic E-state index is 14.6. The second kappa shape index (κ2) is 9.18. The summed E-state index contributed by atoms with van der Waals surface area (Å²) in [6.07, 6.45) is 18.1. The molecule has 1 atom stereocenters. The molecule has 24 heavy (non-hydrogen) atoms. The van der Waals surface area contributed by atoms with E-state index < -0.39 is 7.14 Å². The Morgan fingerprint density at radius 1 is 0.750 bits per heavy atom. The van der Waals surface area contributed by atoms with Crippen molar-refractivity contribution in [2.24, 2.45) is 5.92 Å². The molecule has 3 aliphatic rings. The molecule has 0 aromatic carbocycles. The van der Waals surface area contributed by atoms with E-state index in [2.05, 4.69) is 6.92 Å². The zero-order valence-electron chi connectivity index (χ0n) is 15.4. The molecule has 0 N–H and O–H groups in total. The van der Waals surface area contributed by atoms with Gasteiger partial charge in [-0.2, -0.15) is 0 Å². The number of hydrogen-bond acceptors (Lipinski definition) is 2. The van der Waals surface area contributed by atoms with Crippen molar-refractivity contribution in [3.05, 3.63) is 0 Å². The Balaban J connectivity index is 1.73. The predicted molar refractivity (Wildman–Crippen MR) is 110 cm³/mol. The van der Waals surface area contributed by atoms with Gasteiger partial charge in [0.05, 0.1) is 7.14 Å². The summed E-state index contributed by atoms with van der Waals surface area (Å²) in [6, 6.07) is 0. The van der Waals surface area contributed by atoms with E-state index >= 15 is 0 Å². The van der Waals surface area contributed by atoms with E-state index in [4.69, 9.17) is 10.7 Å². The first-order chi connectivity index (χ1) is 11.7. The van der Waals surface area contributed by atoms with Crippen LogP contribution in [-0.4, -0.2) is 22.2 Å². The molecule has 140 valence electrons. The average Bonchev–Trinajstić information content (AvgIpc) is 2.68. The summed E-state index contributed by atoms with van der Waals surface area (Å²) in [4.78, 5) is 0. The fourth-order valence-electron chi connectivity index (χ4n) is 5.91. The lowest BCUT2D eigenvalue weighted by atomic mass is 9.87. The second-order valence-electron chi connectivity index (χ2n) is 8.71. The van der Waals surface area contributed by atoms with Crippen LogP contribution in [0.3, 0.4) is 0 Å². The van der Waals surface area contributed by atoms with Crippen molar-refractivity contribution < 1.29 is 4.57 Å². The van der Waals surface area contributed by atoms with Crippen LogP contribution in [0.4, 0.5) is 0 Å². The van der Waals surface area contributed by atoms with E-state index in [1.807, 2.05) is 0 Å². The molecule has 0 aromatic rings. The quantitative estimate of drug-likeness (QED) is 0.444. The van der Waals surface area contributed by atoms with E-state index in [9.17, 15) is 4.57 Å². The average molecular weight is 391 g/mol. The number of halogens is 1. The van der Waals surface area contributed by atoms with Crippen LogP contribution >= 0.6 is 28.8 Å². The zero-order chi connectivity index (χ0) is 17.0. The Morgan fingerprint density at radius 3 is 1.58 bits per heavy atom. The number of hydrogen-bond donors (Lipinski definition) is 0. The third-order valence-corrected chi connectivity index (χ3v) is 13.9. The molecule has 3 rings (SSSR count). The molecule has 0 aromatic heterocycles. The first-order valence-electron chi connectivity index (χ1n) is 10.5. The predicted octanol–water partition coefficient (Wildman–Crippen LogP) is 7.85. The van der Waals surface area contributed by atoms with Gasteiger partial charge in [0.15, 0.2) is 0 Å². The van der Waals surface area contributed by atoms with Crippen molar-refractivity contribution in [2.45, 2.75) is 119 Å². The summed E-state index contributed by atoms with van der Waals surface area (Å²) in [5.74, 6) is 0.745. The molecule has 0 amide bonds. The summed E-state index contributed by atoms with van der Waals surface area (Å²) in [5.41, 5.74) is 1.71. The van der Waals surface area contributed by atoms with Gasteiger partial charge in [0.2, 0.25) is 0 Å². The second-order valence-corrected chi connectivity index (χ2v) is 13.9. The van der Waals surface area contributed by atoms with Crippen LogP contribution in [0.2, 0.25) is 0 Å². The fraction of sp³-hybridized carbons (Fsp3) is 1.00. The molecule has 3 aliphatic carbocycles. The monoisotopic (exact) mass is 390 g/mol. The zero-order valence-corrected chi connectivity index (χ0v) is 17.9. The Bertz CT molecular complexity index is 401. The third-order valence-electron chi connectivity index (χ3n) is 7.41. The van der Waals surface area contributed by atoms with Crippen LogP contribution in [0.15, 0.2) is 0 Å². The van der Waals surface area contributed by atoms with Gasteiger partial charge in [0, 0.05) is 22.2 Å². The van der Waals surface area contributed by atoms with Gasteiger partial charge in [-0.3, -0.25) is 0 Å². The molecule has 4 heteroatoms. The fourth-order valence-corrected chi connectivity index (χ4v) is 12.0. The topological polar surface area (TPSA) is 17.1 Å². The minimum Gasteiger partial charge on any atom is -0.323 e. The van der Waals surface area contributed by atoms with Crippen molar-refractivity contribution in [2.75, 3.05) is 0 Å². The van der Waals surface area contributed by atoms with E-state index in [-0.39, 0.29) is 0 Å². The maximum absolute atomic E-state index is 14.6. The van der Waals surface area contributed by atoms with Crippen molar-refractivity contribution in [3.63, 3.8) is 0 Å². The van der Waals surface area contributed by atoms with Gasteiger partial charge in [0.1, 0.15) is 0 Å². The molecular weight excluding hydrogens is 355 g/mol. The minimum absolute atomic E-state index is 0.549. The molecular formula is C20H36ClOPS. The summed E-state index contributed by atoms with van der Waals surface area (Å²) >= 11 is 0. The van der Waals surface area contributed by atoms with Crippen LogP contribution in [0.5, 0.6) is 0 Å². The Hall–Kier alpha value is 0.870. The van der Waals surface area contributed by atoms with Crippen LogP contribution < -0.4 is 0 Å². The Labute approximate surface area is 158 Å². The largest absolute Gasteiger partial charge is 0.323 e. The third kappa shape index (κ3) is 4.23. The first-order valence-corrected chi connectivity index (χ1v) is 14.1. The molecule has 0 saturated heterocycles. The van der Waals surface area contributed by atoms with Gasteiger partial charge in [-0.05, 0) is 68.0 Å². The van der Waals surface area contributed by atoms with Crippen molar-refractivity contribution in [3.8, 4) is 0 Å². The highest BCUT2D eigenvalue weighted by atomic mass is 35.7. The summed E-state index contributed by atoms with van der Waals surface area (Å²) < 4.78 is 14.6. The standard InChI is InChI=1S/C20H36ClOPS/c1-16(24-21)17-12-14-20(15-13-17)23(22,18-8-4-2-5-9-18)19-10-6-3-7-11-19/h16-20H,2-15H2,1H3. The van der Waals surface area contributed by atoms with E-state index in [1.165, 1.54) is 101 Å². The van der Waals surface area contributed by atoms with Crippen molar-refractivity contribution >= 4 is 28.8 Å². The van der Waals surface area contributed by atoms with Crippen molar-refractivity contribution in [1.82, 2.24) is 0 Å². The molecule has 3 fully saturated rings. The molecule has 0 heterocycles. The van der Waals surface area contributed by atoms with Gasteiger partial charge < -0.3 is 4.57 Å². The highest BCUT2D eigenvalue weighted by Crippen LogP contribution is 2.68. The van der Waals surface area contributed by atoms with E-state index in [0.717, 1.165) is 5.92 Å². The highest BCUT2D eigenvalue weighted by Gasteiger charge is 2.47.